The van der Waals surface area contributed by atoms with Crippen molar-refractivity contribution in [3.8, 4) is 17.6 Å². The first-order chi connectivity index (χ1) is 28.7. The number of nitriles is 1. The minimum Gasteiger partial charge on any atom is -0.497 e. The highest BCUT2D eigenvalue weighted by molar-refractivity contribution is 7.44. The van der Waals surface area contributed by atoms with Gasteiger partial charge in [-0.15, -0.1) is 0 Å². The number of anilines is 1. The number of nitrogen functional groups attached to an aromatic ring is 1. The minimum absolute atomic E-state index is 0.0206. The third kappa shape index (κ3) is 9.67. The quantitative estimate of drug-likeness (QED) is 0.0455. The number of imidazole rings is 1. The highest BCUT2D eigenvalue weighted by Crippen LogP contribution is 2.51. The van der Waals surface area contributed by atoms with Gasteiger partial charge in [0.1, 0.15) is 47.3 Å². The van der Waals surface area contributed by atoms with E-state index in [1.165, 1.54) is 6.33 Å². The van der Waals surface area contributed by atoms with Crippen LogP contribution in [0.2, 0.25) is 0 Å². The van der Waals surface area contributed by atoms with Gasteiger partial charge < -0.3 is 43.2 Å². The van der Waals surface area contributed by atoms with Gasteiger partial charge in [-0.2, -0.15) is 5.26 Å². The van der Waals surface area contributed by atoms with E-state index in [2.05, 4.69) is 53.4 Å². The zero-order valence-corrected chi connectivity index (χ0v) is 35.5. The summed E-state index contributed by atoms with van der Waals surface area (Å²) < 4.78 is 55.3. The van der Waals surface area contributed by atoms with Crippen molar-refractivity contribution in [3.05, 3.63) is 108 Å². The Morgan fingerprint density at radius 3 is 2.03 bits per heavy atom. The Morgan fingerprint density at radius 2 is 1.46 bits per heavy atom. The van der Waals surface area contributed by atoms with Crippen molar-refractivity contribution in [3.63, 3.8) is 0 Å². The fraction of sp³-hybridized carbons (Fsp3) is 0.442. The van der Waals surface area contributed by atoms with Crippen LogP contribution in [0, 0.1) is 11.3 Å². The smallest absolute Gasteiger partial charge is 0.259 e. The van der Waals surface area contributed by atoms with Crippen molar-refractivity contribution >= 4 is 25.5 Å². The highest BCUT2D eigenvalue weighted by Gasteiger charge is 2.51. The lowest BCUT2D eigenvalue weighted by molar-refractivity contribution is -0.0966. The lowest BCUT2D eigenvalue weighted by atomic mass is 9.80. The van der Waals surface area contributed by atoms with E-state index in [0.29, 0.717) is 29.3 Å². The van der Waals surface area contributed by atoms with Gasteiger partial charge >= 0.3 is 0 Å². The second kappa shape index (κ2) is 20.5. The van der Waals surface area contributed by atoms with Crippen LogP contribution in [0.5, 0.6) is 11.5 Å². The van der Waals surface area contributed by atoms with E-state index < -0.39 is 38.7 Å². The first-order valence-corrected chi connectivity index (χ1v) is 20.7. The van der Waals surface area contributed by atoms with E-state index in [-0.39, 0.29) is 44.1 Å². The van der Waals surface area contributed by atoms with E-state index in [9.17, 15) is 5.26 Å². The van der Waals surface area contributed by atoms with Crippen LogP contribution in [0.15, 0.2) is 91.5 Å². The molecule has 1 aliphatic heterocycles. The Hall–Kier alpha value is -4.75. The summed E-state index contributed by atoms with van der Waals surface area (Å²) in [6.07, 6.45) is 0.130. The molecule has 16 heteroatoms. The maximum atomic E-state index is 9.47. The summed E-state index contributed by atoms with van der Waals surface area (Å²) in [7, 11) is 3.14. The molecule has 3 heterocycles. The third-order valence-electron chi connectivity index (χ3n) is 10.1. The first-order valence-electron chi connectivity index (χ1n) is 19.6. The summed E-state index contributed by atoms with van der Waals surface area (Å²) in [5.74, 6) is 1.65. The predicted molar refractivity (Wildman–Crippen MR) is 224 cm³/mol. The predicted octanol–water partition coefficient (Wildman–Crippen LogP) is 7.02. The lowest BCUT2D eigenvalue weighted by Gasteiger charge is -2.39. The number of benzene rings is 3. The molecular weight excluding hydrogens is 773 g/mol. The van der Waals surface area contributed by atoms with Crippen LogP contribution < -0.4 is 15.2 Å². The molecule has 59 heavy (non-hydrogen) atoms. The Balaban J connectivity index is 1.50. The van der Waals surface area contributed by atoms with Crippen LogP contribution in [-0.2, 0) is 33.6 Å². The number of fused-ring (bicyclic) bond motifs is 1. The molecule has 5 atom stereocenters. The average molecular weight is 828 g/mol. The van der Waals surface area contributed by atoms with Gasteiger partial charge in [0.15, 0.2) is 17.7 Å². The van der Waals surface area contributed by atoms with Gasteiger partial charge in [0.05, 0.1) is 59.5 Å². The molecule has 6 rings (SSSR count). The van der Waals surface area contributed by atoms with Gasteiger partial charge in [-0.05, 0) is 68.7 Å². The van der Waals surface area contributed by atoms with Crippen LogP contribution in [0.3, 0.4) is 0 Å². The lowest BCUT2D eigenvalue weighted by Crippen LogP contribution is -2.43. The van der Waals surface area contributed by atoms with E-state index in [1.807, 2.05) is 78.9 Å². The topological polar surface area (TPSA) is 170 Å². The maximum absolute atomic E-state index is 9.47. The molecule has 0 saturated carbocycles. The van der Waals surface area contributed by atoms with Gasteiger partial charge in [-0.1, -0.05) is 54.6 Å². The molecule has 2 N–H and O–H groups in total. The molecule has 1 unspecified atom stereocenters. The van der Waals surface area contributed by atoms with Crippen molar-refractivity contribution in [2.24, 2.45) is 0 Å². The van der Waals surface area contributed by atoms with Gasteiger partial charge in [0, 0.05) is 19.2 Å². The molecule has 1 fully saturated rings. The fourth-order valence-electron chi connectivity index (χ4n) is 7.37. The van der Waals surface area contributed by atoms with Gasteiger partial charge in [0.25, 0.3) is 8.53 Å². The summed E-state index contributed by atoms with van der Waals surface area (Å²) in [5.41, 5.74) is 8.59. The number of methoxy groups -OCH3 is 3. The second-order valence-corrected chi connectivity index (χ2v) is 15.8. The summed E-state index contributed by atoms with van der Waals surface area (Å²) >= 11 is 0. The Bertz CT molecular complexity index is 2040. The van der Waals surface area contributed by atoms with E-state index in [4.69, 9.17) is 43.2 Å². The maximum Gasteiger partial charge on any atom is 0.259 e. The van der Waals surface area contributed by atoms with Crippen molar-refractivity contribution in [1.82, 2.24) is 24.2 Å². The van der Waals surface area contributed by atoms with Crippen molar-refractivity contribution in [1.29, 1.82) is 5.26 Å². The molecule has 314 valence electrons. The van der Waals surface area contributed by atoms with Crippen LogP contribution >= 0.6 is 8.53 Å². The third-order valence-corrected chi connectivity index (χ3v) is 12.2. The fourth-order valence-corrected chi connectivity index (χ4v) is 9.14. The zero-order valence-electron chi connectivity index (χ0n) is 34.6. The molecule has 5 aromatic rings. The summed E-state index contributed by atoms with van der Waals surface area (Å²) in [6.45, 7) is 9.11. The minimum atomic E-state index is -1.76. The summed E-state index contributed by atoms with van der Waals surface area (Å²) in [6, 6.07) is 28.0. The van der Waals surface area contributed by atoms with Crippen LogP contribution in [-0.4, -0.2) is 102 Å². The highest BCUT2D eigenvalue weighted by atomic mass is 31.2. The normalized spacial score (nSPS) is 18.8. The molecule has 1 saturated heterocycles. The summed E-state index contributed by atoms with van der Waals surface area (Å²) in [4.78, 5) is 13.3. The molecule has 2 aromatic heterocycles. The van der Waals surface area contributed by atoms with E-state index in [1.54, 1.807) is 32.2 Å². The molecule has 15 nitrogen and oxygen atoms in total. The molecule has 1 aliphatic rings. The molecule has 0 aliphatic carbocycles. The monoisotopic (exact) mass is 827 g/mol. The van der Waals surface area contributed by atoms with Gasteiger partial charge in [-0.3, -0.25) is 4.57 Å². The number of aromatic nitrogens is 4. The van der Waals surface area contributed by atoms with Crippen molar-refractivity contribution < 1.29 is 37.5 Å². The van der Waals surface area contributed by atoms with Crippen molar-refractivity contribution in [2.45, 2.75) is 76.3 Å². The largest absolute Gasteiger partial charge is 0.497 e. The molecule has 0 radical (unpaired) electrons. The van der Waals surface area contributed by atoms with Crippen LogP contribution in [0.25, 0.3) is 11.2 Å². The van der Waals surface area contributed by atoms with E-state index in [0.717, 1.165) is 16.7 Å². The van der Waals surface area contributed by atoms with Gasteiger partial charge in [0.2, 0.25) is 0 Å². The number of hydrogen-bond acceptors (Lipinski definition) is 14. The second-order valence-electron chi connectivity index (χ2n) is 14.4. The van der Waals surface area contributed by atoms with E-state index >= 15 is 0 Å². The molecule has 3 aromatic carbocycles. The number of nitrogens with two attached hydrogens (primary N) is 1. The van der Waals surface area contributed by atoms with Crippen molar-refractivity contribution in [2.75, 3.05) is 53.5 Å². The Kier molecular flexibility index (Phi) is 15.2. The van der Waals surface area contributed by atoms with Crippen LogP contribution in [0.4, 0.5) is 5.82 Å². The zero-order chi connectivity index (χ0) is 41.9. The number of rotatable bonds is 21. The molecule has 0 bridgehead atoms. The number of nitrogens with zero attached hydrogens (tertiary/aromatic N) is 6. The number of ether oxygens (including phenoxy) is 6. The first kappa shape index (κ1) is 43.8. The van der Waals surface area contributed by atoms with Crippen LogP contribution in [0.1, 0.15) is 57.0 Å². The molecule has 0 amide bonds. The average Bonchev–Trinajstić information content (AvgIpc) is 3.83. The molecule has 0 spiro atoms. The standard InChI is InChI=1S/C43H54N7O8P/c1-29(2)50(30(3)4)59(56-23-11-22-44)58-38-36(57-42(39(38)54-25-24-51-5)49-28-48-37-40(45)46-27-47-41(37)49)26-55-43(31-12-9-8-10-13-31,32-14-18-34(52-6)19-15-32)33-16-20-35(53-7)21-17-33/h8-10,12-21,27-30,36,38-39,42H,11,23-26H2,1-7H3,(H2,45,46,47)/t36-,38-,39-,42-,59?/m1/s1. The Labute approximate surface area is 347 Å². The SMILES string of the molecule is COCCO[C@@H]1[C@H](OP(OCCC#N)N(C(C)C)C(C)C)[C@@H](COC(c2ccccc2)(c2ccc(OC)cc2)c2ccc(OC)cc2)O[C@H]1n1cnc2c(N)ncnc21. The Morgan fingerprint density at radius 1 is 0.831 bits per heavy atom. The number of hydrogen-bond donors (Lipinski definition) is 1. The molecular formula is C43H54N7O8P. The summed E-state index contributed by atoms with van der Waals surface area (Å²) in [5, 5.41) is 9.47. The van der Waals surface area contributed by atoms with Gasteiger partial charge in [-0.25, -0.2) is 19.6 Å².